The second-order valence-electron chi connectivity index (χ2n) is 4.29. The largest absolute Gasteiger partial charge is 0.491 e. The second-order valence-corrected chi connectivity index (χ2v) is 5.28. The molecule has 3 N–H and O–H groups in total. The van der Waals surface area contributed by atoms with Crippen LogP contribution in [0.3, 0.4) is 0 Å². The van der Waals surface area contributed by atoms with E-state index in [9.17, 15) is 5.11 Å². The molecule has 0 fully saturated rings. The molecule has 102 valence electrons. The minimum absolute atomic E-state index is 0.285. The molecule has 1 unspecified atom stereocenters. The maximum absolute atomic E-state index is 9.84. The van der Waals surface area contributed by atoms with Crippen LogP contribution < -0.4 is 10.5 Å². The number of hydrogen-bond donors (Lipinski definition) is 2. The molecule has 0 aliphatic carbocycles. The van der Waals surface area contributed by atoms with Crippen molar-refractivity contribution in [1.82, 2.24) is 4.90 Å². The third-order valence-electron chi connectivity index (χ3n) is 2.50. The van der Waals surface area contributed by atoms with Gasteiger partial charge < -0.3 is 20.5 Å². The standard InChI is InChI=1S/C13H22N2O2S/c1-15(6-7-18-2)9-12(16)10-17-13-5-3-4-11(14)8-13/h3-5,8,12,16H,6-7,9-10,14H2,1-2H3. The SMILES string of the molecule is CSCCN(C)CC(O)COc1cccc(N)c1. The summed E-state index contributed by atoms with van der Waals surface area (Å²) < 4.78 is 5.49. The summed E-state index contributed by atoms with van der Waals surface area (Å²) in [6.45, 7) is 1.87. The molecule has 0 saturated carbocycles. The van der Waals surface area contributed by atoms with Crippen molar-refractivity contribution in [1.29, 1.82) is 0 Å². The van der Waals surface area contributed by atoms with E-state index < -0.39 is 6.10 Å². The number of nitrogen functional groups attached to an aromatic ring is 1. The van der Waals surface area contributed by atoms with Gasteiger partial charge in [0, 0.05) is 30.6 Å². The van der Waals surface area contributed by atoms with E-state index in [0.717, 1.165) is 12.3 Å². The monoisotopic (exact) mass is 270 g/mol. The Balaban J connectivity index is 2.26. The predicted octanol–water partition coefficient (Wildman–Crippen LogP) is 1.30. The van der Waals surface area contributed by atoms with Crippen LogP contribution in [-0.2, 0) is 0 Å². The summed E-state index contributed by atoms with van der Waals surface area (Å²) in [5.74, 6) is 1.76. The molecule has 5 heteroatoms. The number of aliphatic hydroxyl groups excluding tert-OH is 1. The highest BCUT2D eigenvalue weighted by molar-refractivity contribution is 7.98. The molecule has 0 saturated heterocycles. The third-order valence-corrected chi connectivity index (χ3v) is 3.09. The maximum Gasteiger partial charge on any atom is 0.121 e. The fourth-order valence-corrected chi connectivity index (χ4v) is 2.04. The highest BCUT2D eigenvalue weighted by Crippen LogP contribution is 2.14. The van der Waals surface area contributed by atoms with Crippen molar-refractivity contribution < 1.29 is 9.84 Å². The molecule has 0 spiro atoms. The highest BCUT2D eigenvalue weighted by atomic mass is 32.2. The molecule has 1 aromatic carbocycles. The van der Waals surface area contributed by atoms with Crippen LogP contribution in [0.4, 0.5) is 5.69 Å². The highest BCUT2D eigenvalue weighted by Gasteiger charge is 2.08. The van der Waals surface area contributed by atoms with E-state index in [2.05, 4.69) is 11.2 Å². The zero-order chi connectivity index (χ0) is 13.4. The number of nitrogens with zero attached hydrogens (tertiary/aromatic N) is 1. The summed E-state index contributed by atoms with van der Waals surface area (Å²) in [4.78, 5) is 2.10. The number of rotatable bonds is 8. The smallest absolute Gasteiger partial charge is 0.121 e. The number of benzene rings is 1. The molecule has 0 aromatic heterocycles. The molecule has 0 aliphatic heterocycles. The van der Waals surface area contributed by atoms with Crippen molar-refractivity contribution in [3.05, 3.63) is 24.3 Å². The summed E-state index contributed by atoms with van der Waals surface area (Å²) in [6, 6.07) is 7.23. The molecule has 4 nitrogen and oxygen atoms in total. The summed E-state index contributed by atoms with van der Waals surface area (Å²) in [5.41, 5.74) is 6.31. The van der Waals surface area contributed by atoms with Gasteiger partial charge in [0.1, 0.15) is 18.5 Å². The van der Waals surface area contributed by atoms with Crippen molar-refractivity contribution in [2.75, 3.05) is 44.5 Å². The lowest BCUT2D eigenvalue weighted by molar-refractivity contribution is 0.0782. The van der Waals surface area contributed by atoms with Crippen LogP contribution in [-0.4, -0.2) is 54.9 Å². The maximum atomic E-state index is 9.84. The van der Waals surface area contributed by atoms with Crippen LogP contribution in [0.5, 0.6) is 5.75 Å². The first kappa shape index (κ1) is 15.1. The van der Waals surface area contributed by atoms with Crippen LogP contribution in [0, 0.1) is 0 Å². The van der Waals surface area contributed by atoms with E-state index in [1.165, 1.54) is 0 Å². The van der Waals surface area contributed by atoms with E-state index in [-0.39, 0.29) is 6.61 Å². The molecule has 1 aromatic rings. The third kappa shape index (κ3) is 6.14. The van der Waals surface area contributed by atoms with Crippen LogP contribution in [0.15, 0.2) is 24.3 Å². The normalized spacial score (nSPS) is 12.7. The summed E-state index contributed by atoms with van der Waals surface area (Å²) in [5, 5.41) is 9.84. The van der Waals surface area contributed by atoms with Crippen molar-refractivity contribution in [3.63, 3.8) is 0 Å². The van der Waals surface area contributed by atoms with Gasteiger partial charge in [0.2, 0.25) is 0 Å². The first-order valence-corrected chi connectivity index (χ1v) is 7.35. The Morgan fingerprint density at radius 2 is 2.28 bits per heavy atom. The molecule has 0 amide bonds. The van der Waals surface area contributed by atoms with E-state index in [0.29, 0.717) is 18.0 Å². The minimum atomic E-state index is -0.488. The lowest BCUT2D eigenvalue weighted by atomic mass is 10.3. The van der Waals surface area contributed by atoms with Gasteiger partial charge in [0.05, 0.1) is 0 Å². The molecular weight excluding hydrogens is 248 g/mol. The Labute approximate surface area is 113 Å². The van der Waals surface area contributed by atoms with E-state index in [4.69, 9.17) is 10.5 Å². The van der Waals surface area contributed by atoms with Crippen molar-refractivity contribution >= 4 is 17.4 Å². The zero-order valence-corrected chi connectivity index (χ0v) is 11.8. The van der Waals surface area contributed by atoms with Gasteiger partial charge in [0.25, 0.3) is 0 Å². The Bertz CT molecular complexity index is 350. The summed E-state index contributed by atoms with van der Waals surface area (Å²) in [6.07, 6.45) is 1.59. The fraction of sp³-hybridized carbons (Fsp3) is 0.538. The van der Waals surface area contributed by atoms with E-state index in [1.54, 1.807) is 23.9 Å². The van der Waals surface area contributed by atoms with Gasteiger partial charge in [-0.05, 0) is 25.4 Å². The van der Waals surface area contributed by atoms with Crippen molar-refractivity contribution in [3.8, 4) is 5.75 Å². The van der Waals surface area contributed by atoms with Gasteiger partial charge in [-0.15, -0.1) is 0 Å². The topological polar surface area (TPSA) is 58.7 Å². The Morgan fingerprint density at radius 1 is 1.50 bits per heavy atom. The number of anilines is 1. The number of nitrogens with two attached hydrogens (primary N) is 1. The molecule has 18 heavy (non-hydrogen) atoms. The van der Waals surface area contributed by atoms with Gasteiger partial charge in [-0.2, -0.15) is 11.8 Å². The van der Waals surface area contributed by atoms with Crippen LogP contribution >= 0.6 is 11.8 Å². The quantitative estimate of drug-likeness (QED) is 0.697. The number of hydrogen-bond acceptors (Lipinski definition) is 5. The predicted molar refractivity (Wildman–Crippen MR) is 78.2 cm³/mol. The van der Waals surface area contributed by atoms with Crippen LogP contribution in [0.1, 0.15) is 0 Å². The Hall–Kier alpha value is -0.910. The van der Waals surface area contributed by atoms with Crippen molar-refractivity contribution in [2.24, 2.45) is 0 Å². The molecule has 1 atom stereocenters. The zero-order valence-electron chi connectivity index (χ0n) is 11.0. The Kier molecular flexibility index (Phi) is 6.93. The first-order valence-electron chi connectivity index (χ1n) is 5.95. The van der Waals surface area contributed by atoms with Gasteiger partial charge >= 0.3 is 0 Å². The van der Waals surface area contributed by atoms with Gasteiger partial charge in [-0.25, -0.2) is 0 Å². The molecule has 0 radical (unpaired) electrons. The molecule has 0 bridgehead atoms. The minimum Gasteiger partial charge on any atom is -0.491 e. The van der Waals surface area contributed by atoms with Gasteiger partial charge in [0.15, 0.2) is 0 Å². The first-order chi connectivity index (χ1) is 8.61. The molecule has 1 rings (SSSR count). The second kappa shape index (κ2) is 8.24. The van der Waals surface area contributed by atoms with E-state index >= 15 is 0 Å². The molecule has 0 heterocycles. The number of aliphatic hydroxyl groups is 1. The van der Waals surface area contributed by atoms with Crippen molar-refractivity contribution in [2.45, 2.75) is 6.10 Å². The lowest BCUT2D eigenvalue weighted by Crippen LogP contribution is -2.34. The average molecular weight is 270 g/mol. The summed E-state index contributed by atoms with van der Waals surface area (Å²) in [7, 11) is 2.00. The lowest BCUT2D eigenvalue weighted by Gasteiger charge is -2.20. The van der Waals surface area contributed by atoms with Crippen LogP contribution in [0.25, 0.3) is 0 Å². The average Bonchev–Trinajstić information content (AvgIpc) is 2.34. The van der Waals surface area contributed by atoms with Gasteiger partial charge in [-0.3, -0.25) is 0 Å². The van der Waals surface area contributed by atoms with Crippen LogP contribution in [0.2, 0.25) is 0 Å². The summed E-state index contributed by atoms with van der Waals surface area (Å²) >= 11 is 1.80. The molecule has 0 aliphatic rings. The van der Waals surface area contributed by atoms with Gasteiger partial charge in [-0.1, -0.05) is 6.07 Å². The number of ether oxygens (including phenoxy) is 1. The number of likely N-dealkylation sites (N-methyl/N-ethyl adjacent to an activating group) is 1. The van der Waals surface area contributed by atoms with E-state index in [1.807, 2.05) is 19.2 Å². The fourth-order valence-electron chi connectivity index (χ4n) is 1.55. The Morgan fingerprint density at radius 3 is 2.94 bits per heavy atom. The molecular formula is C13H22N2O2S. The number of thioether (sulfide) groups is 1.